The fourth-order valence-corrected chi connectivity index (χ4v) is 4.72. The molecule has 37 heavy (non-hydrogen) atoms. The van der Waals surface area contributed by atoms with Gasteiger partial charge in [-0.05, 0) is 68.8 Å². The zero-order valence-corrected chi connectivity index (χ0v) is 22.4. The fourth-order valence-electron chi connectivity index (χ4n) is 4.72. The van der Waals surface area contributed by atoms with Crippen LogP contribution < -0.4 is 15.2 Å². The van der Waals surface area contributed by atoms with Crippen molar-refractivity contribution < 1.29 is 9.13 Å². The van der Waals surface area contributed by atoms with Crippen LogP contribution in [0.4, 0.5) is 10.3 Å². The standard InChI is InChI=1S/C29H36FN5O2/c1-7-21(18-31)25(30)17-20(2)27-26(22-12-14-24(37-6)15-13-22)28(36)35(5)29(32-27)34(4)19-23-11-9-8-10-16-33(23)3/h7,12-15,17,23H,1,8-11,16,19H2,2-6H3/b20-17+,25-21-. The van der Waals surface area contributed by atoms with Crippen molar-refractivity contribution in [1.82, 2.24) is 14.5 Å². The number of nitriles is 1. The van der Waals surface area contributed by atoms with E-state index in [9.17, 15) is 14.4 Å². The number of ether oxygens (including phenoxy) is 1. The van der Waals surface area contributed by atoms with Crippen molar-refractivity contribution in [2.45, 2.75) is 38.6 Å². The molecule has 3 rings (SSSR count). The van der Waals surface area contributed by atoms with Crippen LogP contribution in [0.15, 0.2) is 59.2 Å². The Labute approximate surface area is 218 Å². The molecule has 1 saturated heterocycles. The normalized spacial score (nSPS) is 17.4. The maximum absolute atomic E-state index is 14.8. The number of benzene rings is 1. The number of allylic oxidation sites excluding steroid dienone is 5. The maximum Gasteiger partial charge on any atom is 0.263 e. The number of aromatic nitrogens is 2. The molecule has 1 atom stereocenters. The van der Waals surface area contributed by atoms with Gasteiger partial charge in [-0.2, -0.15) is 5.26 Å². The van der Waals surface area contributed by atoms with Crippen LogP contribution in [-0.4, -0.2) is 54.8 Å². The minimum absolute atomic E-state index is 0.178. The van der Waals surface area contributed by atoms with Crippen LogP contribution in [-0.2, 0) is 7.05 Å². The summed E-state index contributed by atoms with van der Waals surface area (Å²) >= 11 is 0. The number of halogens is 1. The number of methoxy groups -OCH3 is 1. The van der Waals surface area contributed by atoms with E-state index >= 15 is 0 Å². The number of hydrogen-bond donors (Lipinski definition) is 0. The molecule has 0 aliphatic carbocycles. The SMILES string of the molecule is C=C/C(C#N)=C(F)\C=C(/C)c1nc(N(C)CC2CCCCCN2C)n(C)c(=O)c1-c1ccc(OC)cc1. The van der Waals surface area contributed by atoms with Crippen molar-refractivity contribution in [2.75, 3.05) is 39.2 Å². The Morgan fingerprint density at radius 2 is 2.00 bits per heavy atom. The van der Waals surface area contributed by atoms with Gasteiger partial charge in [0, 0.05) is 26.7 Å². The third-order valence-electron chi connectivity index (χ3n) is 6.94. The number of rotatable bonds is 8. The monoisotopic (exact) mass is 505 g/mol. The van der Waals surface area contributed by atoms with Gasteiger partial charge in [-0.3, -0.25) is 9.36 Å². The fraction of sp³-hybridized carbons (Fsp3) is 0.414. The maximum atomic E-state index is 14.8. The Balaban J connectivity index is 2.17. The smallest absolute Gasteiger partial charge is 0.263 e. The Morgan fingerprint density at radius 1 is 1.30 bits per heavy atom. The van der Waals surface area contributed by atoms with Crippen LogP contribution in [0.25, 0.3) is 16.7 Å². The van der Waals surface area contributed by atoms with Crippen LogP contribution in [0, 0.1) is 11.3 Å². The van der Waals surface area contributed by atoms with Crippen molar-refractivity contribution >= 4 is 11.5 Å². The molecule has 0 saturated carbocycles. The van der Waals surface area contributed by atoms with E-state index in [2.05, 4.69) is 18.5 Å². The molecule has 1 aliphatic heterocycles. The molecule has 2 aromatic rings. The lowest BCUT2D eigenvalue weighted by Crippen LogP contribution is -2.42. The van der Waals surface area contributed by atoms with Crippen LogP contribution in [0.2, 0.25) is 0 Å². The van der Waals surface area contributed by atoms with Crippen molar-refractivity contribution in [3.63, 3.8) is 0 Å². The summed E-state index contributed by atoms with van der Waals surface area (Å²) in [5.74, 6) is 0.425. The van der Waals surface area contributed by atoms with E-state index in [1.807, 2.05) is 11.9 Å². The van der Waals surface area contributed by atoms with E-state index in [1.165, 1.54) is 31.4 Å². The predicted molar refractivity (Wildman–Crippen MR) is 147 cm³/mol. The number of anilines is 1. The van der Waals surface area contributed by atoms with Gasteiger partial charge in [-0.25, -0.2) is 9.37 Å². The third-order valence-corrected chi connectivity index (χ3v) is 6.94. The molecule has 1 unspecified atom stereocenters. The zero-order chi connectivity index (χ0) is 27.1. The molecule has 2 heterocycles. The molecule has 1 aromatic carbocycles. The Kier molecular flexibility index (Phi) is 9.42. The van der Waals surface area contributed by atoms with E-state index in [-0.39, 0.29) is 11.1 Å². The van der Waals surface area contributed by atoms with Gasteiger partial charge < -0.3 is 14.5 Å². The topological polar surface area (TPSA) is 74.4 Å². The molecule has 0 bridgehead atoms. The van der Waals surface area contributed by atoms with Gasteiger partial charge in [-0.15, -0.1) is 0 Å². The lowest BCUT2D eigenvalue weighted by molar-refractivity contribution is 0.249. The molecule has 8 heteroatoms. The number of nitrogens with zero attached hydrogens (tertiary/aromatic N) is 5. The Hall–Kier alpha value is -3.70. The summed E-state index contributed by atoms with van der Waals surface area (Å²) in [6.45, 7) is 6.95. The highest BCUT2D eigenvalue weighted by Crippen LogP contribution is 2.29. The largest absolute Gasteiger partial charge is 0.497 e. The Morgan fingerprint density at radius 3 is 2.62 bits per heavy atom. The summed E-state index contributed by atoms with van der Waals surface area (Å²) in [7, 11) is 7.36. The van der Waals surface area contributed by atoms with E-state index in [0.717, 1.165) is 13.0 Å². The van der Waals surface area contributed by atoms with Gasteiger partial charge in [0.1, 0.15) is 17.6 Å². The van der Waals surface area contributed by atoms with Crippen LogP contribution >= 0.6 is 0 Å². The first kappa shape index (κ1) is 27.9. The summed E-state index contributed by atoms with van der Waals surface area (Å²) in [6.07, 6.45) is 7.07. The van der Waals surface area contributed by atoms with E-state index < -0.39 is 5.83 Å². The lowest BCUT2D eigenvalue weighted by atomic mass is 10.00. The molecule has 7 nitrogen and oxygen atoms in total. The summed E-state index contributed by atoms with van der Waals surface area (Å²) in [5.41, 5.74) is 1.36. The highest BCUT2D eigenvalue weighted by Gasteiger charge is 2.24. The molecule has 0 amide bonds. The first-order valence-electron chi connectivity index (χ1n) is 12.5. The molecule has 0 radical (unpaired) electrons. The quantitative estimate of drug-likeness (QED) is 0.367. The molecule has 1 aliphatic rings. The second-order valence-electron chi connectivity index (χ2n) is 9.50. The highest BCUT2D eigenvalue weighted by atomic mass is 19.1. The summed E-state index contributed by atoms with van der Waals surface area (Å²) < 4.78 is 21.6. The molecule has 0 N–H and O–H groups in total. The van der Waals surface area contributed by atoms with E-state index in [4.69, 9.17) is 9.72 Å². The first-order valence-corrected chi connectivity index (χ1v) is 12.5. The van der Waals surface area contributed by atoms with Crippen LogP contribution in [0.3, 0.4) is 0 Å². The summed E-state index contributed by atoms with van der Waals surface area (Å²) in [4.78, 5) is 23.0. The third kappa shape index (κ3) is 6.36. The predicted octanol–water partition coefficient (Wildman–Crippen LogP) is 5.10. The van der Waals surface area contributed by atoms with Crippen LogP contribution in [0.5, 0.6) is 5.75 Å². The summed E-state index contributed by atoms with van der Waals surface area (Å²) in [6, 6.07) is 9.26. The second-order valence-corrected chi connectivity index (χ2v) is 9.50. The molecular weight excluding hydrogens is 469 g/mol. The van der Waals surface area contributed by atoms with Gasteiger partial charge in [0.05, 0.1) is 23.9 Å². The van der Waals surface area contributed by atoms with Gasteiger partial charge in [0.25, 0.3) is 5.56 Å². The number of likely N-dealkylation sites (tertiary alicyclic amines) is 1. The van der Waals surface area contributed by atoms with Gasteiger partial charge in [0.2, 0.25) is 5.95 Å². The van der Waals surface area contributed by atoms with Crippen molar-refractivity contribution in [3.05, 3.63) is 70.4 Å². The average Bonchev–Trinajstić information content (AvgIpc) is 3.09. The molecular formula is C29H36FN5O2. The van der Waals surface area contributed by atoms with Gasteiger partial charge in [-0.1, -0.05) is 31.6 Å². The Bertz CT molecular complexity index is 1290. The zero-order valence-electron chi connectivity index (χ0n) is 22.4. The first-order chi connectivity index (χ1) is 17.7. The lowest BCUT2D eigenvalue weighted by Gasteiger charge is -2.31. The molecule has 0 spiro atoms. The molecule has 1 aromatic heterocycles. The van der Waals surface area contributed by atoms with Crippen molar-refractivity contribution in [1.29, 1.82) is 5.26 Å². The second kappa shape index (κ2) is 12.5. The highest BCUT2D eigenvalue weighted by molar-refractivity contribution is 5.80. The molecule has 196 valence electrons. The minimum atomic E-state index is -0.729. The molecule has 1 fully saturated rings. The minimum Gasteiger partial charge on any atom is -0.497 e. The van der Waals surface area contributed by atoms with Crippen molar-refractivity contribution in [3.8, 4) is 22.9 Å². The average molecular weight is 506 g/mol. The van der Waals surface area contributed by atoms with E-state index in [1.54, 1.807) is 56.0 Å². The summed E-state index contributed by atoms with van der Waals surface area (Å²) in [5, 5.41) is 9.22. The van der Waals surface area contributed by atoms with Crippen molar-refractivity contribution in [2.24, 2.45) is 7.05 Å². The number of hydrogen-bond acceptors (Lipinski definition) is 6. The van der Waals surface area contributed by atoms with Gasteiger partial charge in [0.15, 0.2) is 0 Å². The van der Waals surface area contributed by atoms with Crippen LogP contribution in [0.1, 0.15) is 38.3 Å². The number of likely N-dealkylation sites (N-methyl/N-ethyl adjacent to an activating group) is 2. The van der Waals surface area contributed by atoms with E-state index in [0.29, 0.717) is 46.7 Å². The van der Waals surface area contributed by atoms with Gasteiger partial charge >= 0.3 is 0 Å².